The summed E-state index contributed by atoms with van der Waals surface area (Å²) in [4.78, 5) is 8.65. The molecule has 27 heavy (non-hydrogen) atoms. The molecule has 0 amide bonds. The van der Waals surface area contributed by atoms with Gasteiger partial charge < -0.3 is 19.9 Å². The molecule has 0 aliphatic rings. The minimum atomic E-state index is -0.447. The Kier molecular flexibility index (Phi) is 6.36. The van der Waals surface area contributed by atoms with Gasteiger partial charge in [0.1, 0.15) is 0 Å². The molecule has 1 aromatic carbocycles. The van der Waals surface area contributed by atoms with E-state index >= 15 is 0 Å². The third-order valence-corrected chi connectivity index (χ3v) is 4.84. The van der Waals surface area contributed by atoms with Crippen LogP contribution in [0.5, 0.6) is 5.75 Å². The Balaban J connectivity index is 2.03. The molecule has 3 rings (SSSR count). The maximum absolute atomic E-state index is 14.6. The van der Waals surface area contributed by atoms with Gasteiger partial charge >= 0.3 is 0 Å². The first-order chi connectivity index (χ1) is 13.2. The second-order valence-corrected chi connectivity index (χ2v) is 6.65. The fourth-order valence-electron chi connectivity index (χ4n) is 2.69. The Hall–Kier alpha value is -2.52. The molecule has 0 atom stereocenters. The van der Waals surface area contributed by atoms with Crippen molar-refractivity contribution in [1.29, 1.82) is 0 Å². The molecule has 3 aromatic rings. The standard InChI is InChI=1S/C18H22FN5O2S/c1-3-8-27-23-14-10-12(9-13(19)16(14)26-2)15-11-22-18-17(21-5-7-25)20-4-6-24(15)18/h4,6,9-11,23,25H,3,5,7-8H2,1-2H3,(H,20,21). The first-order valence-corrected chi connectivity index (χ1v) is 9.60. The Bertz CT molecular complexity index is 918. The zero-order valence-electron chi connectivity index (χ0n) is 15.2. The minimum Gasteiger partial charge on any atom is -0.492 e. The zero-order valence-corrected chi connectivity index (χ0v) is 16.0. The summed E-state index contributed by atoms with van der Waals surface area (Å²) in [6.45, 7) is 2.44. The molecule has 0 saturated heterocycles. The number of rotatable bonds is 9. The van der Waals surface area contributed by atoms with Gasteiger partial charge in [-0.2, -0.15) is 0 Å². The van der Waals surface area contributed by atoms with Crippen molar-refractivity contribution in [3.63, 3.8) is 0 Å². The van der Waals surface area contributed by atoms with E-state index in [1.807, 2.05) is 10.5 Å². The predicted octanol–water partition coefficient (Wildman–Crippen LogP) is 3.42. The second kappa shape index (κ2) is 8.92. The van der Waals surface area contributed by atoms with Crippen molar-refractivity contribution < 1.29 is 14.2 Å². The fraction of sp³-hybridized carbons (Fsp3) is 0.333. The number of nitrogens with zero attached hydrogens (tertiary/aromatic N) is 3. The maximum Gasteiger partial charge on any atom is 0.180 e. The van der Waals surface area contributed by atoms with Crippen molar-refractivity contribution in [2.75, 3.05) is 36.1 Å². The summed E-state index contributed by atoms with van der Waals surface area (Å²) < 4.78 is 24.8. The minimum absolute atomic E-state index is 0.00948. The molecule has 144 valence electrons. The van der Waals surface area contributed by atoms with Crippen molar-refractivity contribution in [2.24, 2.45) is 0 Å². The van der Waals surface area contributed by atoms with Gasteiger partial charge in [0.15, 0.2) is 23.0 Å². The third kappa shape index (κ3) is 4.09. The number of hydrogen-bond donors (Lipinski definition) is 3. The monoisotopic (exact) mass is 391 g/mol. The van der Waals surface area contributed by atoms with Crippen LogP contribution >= 0.6 is 11.9 Å². The summed E-state index contributed by atoms with van der Waals surface area (Å²) in [5, 5.41) is 12.0. The molecule has 0 bridgehead atoms. The molecule has 0 fully saturated rings. The summed E-state index contributed by atoms with van der Waals surface area (Å²) in [6, 6.07) is 3.27. The van der Waals surface area contributed by atoms with Gasteiger partial charge in [-0.3, -0.25) is 4.40 Å². The molecule has 0 spiro atoms. The normalized spacial score (nSPS) is 11.0. The van der Waals surface area contributed by atoms with Gasteiger partial charge in [0.2, 0.25) is 0 Å². The number of imidazole rings is 1. The highest BCUT2D eigenvalue weighted by molar-refractivity contribution is 8.00. The number of aliphatic hydroxyl groups is 1. The second-order valence-electron chi connectivity index (χ2n) is 5.75. The van der Waals surface area contributed by atoms with Gasteiger partial charge in [0, 0.05) is 30.3 Å². The van der Waals surface area contributed by atoms with E-state index in [1.165, 1.54) is 25.1 Å². The summed E-state index contributed by atoms with van der Waals surface area (Å²) in [7, 11) is 1.45. The van der Waals surface area contributed by atoms with Crippen LogP contribution in [0.3, 0.4) is 0 Å². The fourth-order valence-corrected chi connectivity index (χ4v) is 3.30. The molecule has 0 aliphatic heterocycles. The van der Waals surface area contributed by atoms with Crippen LogP contribution in [0.4, 0.5) is 15.9 Å². The summed E-state index contributed by atoms with van der Waals surface area (Å²) in [5.74, 6) is 1.19. The van der Waals surface area contributed by atoms with E-state index in [9.17, 15) is 4.39 Å². The molecule has 0 aliphatic carbocycles. The van der Waals surface area contributed by atoms with Crippen molar-refractivity contribution >= 4 is 29.1 Å². The lowest BCUT2D eigenvalue weighted by Gasteiger charge is -2.13. The Labute approximate surface area is 161 Å². The van der Waals surface area contributed by atoms with Gasteiger partial charge in [-0.25, -0.2) is 14.4 Å². The average Bonchev–Trinajstić information content (AvgIpc) is 3.11. The van der Waals surface area contributed by atoms with Gasteiger partial charge in [-0.05, 0) is 18.6 Å². The van der Waals surface area contributed by atoms with Crippen LogP contribution in [0.25, 0.3) is 16.9 Å². The van der Waals surface area contributed by atoms with E-state index in [2.05, 4.69) is 26.9 Å². The molecule has 0 unspecified atom stereocenters. The summed E-state index contributed by atoms with van der Waals surface area (Å²) in [5.41, 5.74) is 2.57. The van der Waals surface area contributed by atoms with Gasteiger partial charge in [-0.1, -0.05) is 18.9 Å². The molecule has 2 heterocycles. The maximum atomic E-state index is 14.6. The highest BCUT2D eigenvalue weighted by Crippen LogP contribution is 2.35. The number of methoxy groups -OCH3 is 1. The lowest BCUT2D eigenvalue weighted by Crippen LogP contribution is -2.08. The molecule has 9 heteroatoms. The van der Waals surface area contributed by atoms with Crippen LogP contribution in [0.2, 0.25) is 0 Å². The topological polar surface area (TPSA) is 83.7 Å². The quantitative estimate of drug-likeness (QED) is 0.381. The summed E-state index contributed by atoms with van der Waals surface area (Å²) >= 11 is 1.50. The first-order valence-electron chi connectivity index (χ1n) is 8.62. The molecule has 7 nitrogen and oxygen atoms in total. The predicted molar refractivity (Wildman–Crippen MR) is 107 cm³/mol. The van der Waals surface area contributed by atoms with Crippen LogP contribution in [0, 0.1) is 5.82 Å². The van der Waals surface area contributed by atoms with E-state index in [0.717, 1.165) is 17.9 Å². The molecule has 0 radical (unpaired) electrons. The Morgan fingerprint density at radius 1 is 1.33 bits per heavy atom. The lowest BCUT2D eigenvalue weighted by atomic mass is 10.1. The van der Waals surface area contributed by atoms with Crippen LogP contribution in [0.1, 0.15) is 13.3 Å². The van der Waals surface area contributed by atoms with E-state index in [0.29, 0.717) is 29.3 Å². The highest BCUT2D eigenvalue weighted by Gasteiger charge is 2.16. The van der Waals surface area contributed by atoms with E-state index < -0.39 is 5.82 Å². The van der Waals surface area contributed by atoms with Gasteiger partial charge in [0.25, 0.3) is 0 Å². The number of ether oxygens (including phenoxy) is 1. The Morgan fingerprint density at radius 2 is 2.19 bits per heavy atom. The number of benzene rings is 1. The van der Waals surface area contributed by atoms with Crippen molar-refractivity contribution in [1.82, 2.24) is 14.4 Å². The molecule has 0 saturated carbocycles. The Morgan fingerprint density at radius 3 is 2.93 bits per heavy atom. The van der Waals surface area contributed by atoms with E-state index in [1.54, 1.807) is 18.6 Å². The molecular formula is C18H22FN5O2S. The van der Waals surface area contributed by atoms with E-state index in [4.69, 9.17) is 9.84 Å². The van der Waals surface area contributed by atoms with Crippen LogP contribution in [-0.2, 0) is 0 Å². The number of hydrogen-bond acceptors (Lipinski definition) is 7. The van der Waals surface area contributed by atoms with Gasteiger partial charge in [0.05, 0.1) is 31.3 Å². The average molecular weight is 391 g/mol. The SMILES string of the molecule is CCCSNc1cc(-c2cnc3c(NCCO)nccn23)cc(F)c1OC. The van der Waals surface area contributed by atoms with Crippen molar-refractivity contribution in [2.45, 2.75) is 13.3 Å². The number of halogens is 1. The first kappa shape index (κ1) is 19.2. The molecule has 3 N–H and O–H groups in total. The smallest absolute Gasteiger partial charge is 0.180 e. The van der Waals surface area contributed by atoms with Gasteiger partial charge in [-0.15, -0.1) is 0 Å². The highest BCUT2D eigenvalue weighted by atomic mass is 32.2. The number of nitrogens with one attached hydrogen (secondary N) is 2. The van der Waals surface area contributed by atoms with Crippen molar-refractivity contribution in [3.05, 3.63) is 36.5 Å². The van der Waals surface area contributed by atoms with E-state index in [-0.39, 0.29) is 12.4 Å². The summed E-state index contributed by atoms with van der Waals surface area (Å²) in [6.07, 6.45) is 6.08. The number of aliphatic hydroxyl groups excluding tert-OH is 1. The third-order valence-electron chi connectivity index (χ3n) is 3.86. The van der Waals surface area contributed by atoms with Crippen LogP contribution in [-0.4, -0.2) is 45.5 Å². The zero-order chi connectivity index (χ0) is 19.2. The molecule has 2 aromatic heterocycles. The number of fused-ring (bicyclic) bond motifs is 1. The number of aromatic nitrogens is 3. The van der Waals surface area contributed by atoms with Crippen LogP contribution in [0.15, 0.2) is 30.7 Å². The van der Waals surface area contributed by atoms with Crippen molar-refractivity contribution in [3.8, 4) is 17.0 Å². The van der Waals surface area contributed by atoms with Crippen LogP contribution < -0.4 is 14.8 Å². The lowest BCUT2D eigenvalue weighted by molar-refractivity contribution is 0.311. The molecular weight excluding hydrogens is 369 g/mol. The largest absolute Gasteiger partial charge is 0.492 e. The number of anilines is 2.